The maximum atomic E-state index is 11.6. The van der Waals surface area contributed by atoms with Gasteiger partial charge in [-0.1, -0.05) is 13.2 Å². The minimum atomic E-state index is -0.440. The highest BCUT2D eigenvalue weighted by Crippen LogP contribution is 2.12. The molecule has 0 N–H and O–H groups in total. The van der Waals surface area contributed by atoms with Gasteiger partial charge in [0.1, 0.15) is 0 Å². The molecule has 0 aromatic heterocycles. The highest BCUT2D eigenvalue weighted by atomic mass is 16.5. The fourth-order valence-corrected chi connectivity index (χ4v) is 2.80. The summed E-state index contributed by atoms with van der Waals surface area (Å²) in [6.45, 7) is 9.88. The van der Waals surface area contributed by atoms with E-state index in [4.69, 9.17) is 9.47 Å². The molecule has 0 radical (unpaired) electrons. The van der Waals surface area contributed by atoms with E-state index < -0.39 is 11.9 Å². The zero-order valence-corrected chi connectivity index (χ0v) is 15.5. The van der Waals surface area contributed by atoms with Gasteiger partial charge in [-0.25, -0.2) is 9.59 Å². The molecular formula is C19H30N2O4. The smallest absolute Gasteiger partial charge is 0.334 e. The van der Waals surface area contributed by atoms with E-state index >= 15 is 0 Å². The van der Waals surface area contributed by atoms with E-state index in [1.807, 2.05) is 4.90 Å². The van der Waals surface area contributed by atoms with Gasteiger partial charge in [0.2, 0.25) is 0 Å². The molecule has 0 aliphatic carbocycles. The third-order valence-electron chi connectivity index (χ3n) is 4.18. The summed E-state index contributed by atoms with van der Waals surface area (Å²) in [5.74, 6) is -0.879. The molecule has 0 bridgehead atoms. The van der Waals surface area contributed by atoms with E-state index in [0.717, 1.165) is 38.8 Å². The number of carbonyl (C=O) groups is 2. The second-order valence-corrected chi connectivity index (χ2v) is 6.26. The summed E-state index contributed by atoms with van der Waals surface area (Å²) in [6, 6.07) is 0. The Bertz CT molecular complexity index is 496. The lowest BCUT2D eigenvalue weighted by Crippen LogP contribution is -2.32. The minimum absolute atomic E-state index is 0.337. The van der Waals surface area contributed by atoms with Crippen LogP contribution in [0.5, 0.6) is 0 Å². The Labute approximate surface area is 150 Å². The van der Waals surface area contributed by atoms with Crippen molar-refractivity contribution >= 4 is 17.7 Å². The Morgan fingerprint density at radius 1 is 1.04 bits per heavy atom. The van der Waals surface area contributed by atoms with Crippen LogP contribution in [0.4, 0.5) is 0 Å². The zero-order chi connectivity index (χ0) is 18.7. The van der Waals surface area contributed by atoms with Crippen molar-refractivity contribution in [3.8, 4) is 0 Å². The van der Waals surface area contributed by atoms with Gasteiger partial charge in [-0.15, -0.1) is 0 Å². The molecule has 6 nitrogen and oxygen atoms in total. The molecule has 0 spiro atoms. The van der Waals surface area contributed by atoms with Gasteiger partial charge < -0.3 is 9.47 Å². The largest absolute Gasteiger partial charge is 0.466 e. The van der Waals surface area contributed by atoms with Gasteiger partial charge in [0, 0.05) is 36.5 Å². The van der Waals surface area contributed by atoms with Gasteiger partial charge in [-0.3, -0.25) is 9.89 Å². The first kappa shape index (κ1) is 21.1. The molecular weight excluding hydrogens is 320 g/mol. The van der Waals surface area contributed by atoms with Crippen LogP contribution in [0.15, 0.2) is 29.3 Å². The summed E-state index contributed by atoms with van der Waals surface area (Å²) in [6.07, 6.45) is 6.55. The average Bonchev–Trinajstić information content (AvgIpc) is 2.64. The van der Waals surface area contributed by atoms with Crippen molar-refractivity contribution in [1.29, 1.82) is 0 Å². The summed E-state index contributed by atoms with van der Waals surface area (Å²) in [5, 5.41) is 0. The summed E-state index contributed by atoms with van der Waals surface area (Å²) in [4.78, 5) is 29.7. The van der Waals surface area contributed by atoms with E-state index in [2.05, 4.69) is 18.2 Å². The molecule has 1 aliphatic heterocycles. The quantitative estimate of drug-likeness (QED) is 0.325. The van der Waals surface area contributed by atoms with Crippen LogP contribution in [-0.2, 0) is 19.1 Å². The number of ether oxygens (including phenoxy) is 2. The number of hydrogen-bond acceptors (Lipinski definition) is 6. The van der Waals surface area contributed by atoms with Gasteiger partial charge >= 0.3 is 11.9 Å². The van der Waals surface area contributed by atoms with E-state index in [-0.39, 0.29) is 0 Å². The van der Waals surface area contributed by atoms with Gasteiger partial charge in [0.15, 0.2) is 0 Å². The molecule has 6 heteroatoms. The Kier molecular flexibility index (Phi) is 9.77. The van der Waals surface area contributed by atoms with Crippen LogP contribution < -0.4 is 0 Å². The Balaban J connectivity index is 2.49. The summed E-state index contributed by atoms with van der Waals surface area (Å²) >= 11 is 0. The number of hydrogen-bond donors (Lipinski definition) is 0. The highest BCUT2D eigenvalue weighted by Gasteiger charge is 2.17. The average molecular weight is 350 g/mol. The molecule has 1 heterocycles. The highest BCUT2D eigenvalue weighted by molar-refractivity contribution is 5.89. The molecule has 1 aliphatic rings. The Morgan fingerprint density at radius 2 is 1.64 bits per heavy atom. The van der Waals surface area contributed by atoms with Crippen LogP contribution in [0.2, 0.25) is 0 Å². The first-order valence-corrected chi connectivity index (χ1v) is 8.74. The van der Waals surface area contributed by atoms with Crippen LogP contribution >= 0.6 is 0 Å². The fraction of sp³-hybridized carbons (Fsp3) is 0.632. The molecule has 0 fully saturated rings. The van der Waals surface area contributed by atoms with Crippen molar-refractivity contribution in [2.45, 2.75) is 38.5 Å². The molecule has 0 unspecified atom stereocenters. The molecule has 0 amide bonds. The van der Waals surface area contributed by atoms with E-state index in [0.29, 0.717) is 24.2 Å². The molecule has 140 valence electrons. The maximum Gasteiger partial charge on any atom is 0.334 e. The van der Waals surface area contributed by atoms with E-state index in [9.17, 15) is 9.59 Å². The second-order valence-electron chi connectivity index (χ2n) is 6.26. The number of methoxy groups -OCH3 is 2. The van der Waals surface area contributed by atoms with Gasteiger partial charge in [0.25, 0.3) is 0 Å². The summed E-state index contributed by atoms with van der Waals surface area (Å²) < 4.78 is 9.39. The minimum Gasteiger partial charge on any atom is -0.466 e. The van der Waals surface area contributed by atoms with Gasteiger partial charge in [-0.05, 0) is 45.1 Å². The van der Waals surface area contributed by atoms with Crippen molar-refractivity contribution in [2.24, 2.45) is 4.99 Å². The standard InChI is InChI=1S/C19H30N2O4/c1-15(18(22)24-3)13-21(14-16(2)19(23)25-4)12-8-6-10-17-9-5-7-11-20-17/h1-2,5-14H2,3-4H3. The van der Waals surface area contributed by atoms with Crippen molar-refractivity contribution in [2.75, 3.05) is 40.4 Å². The zero-order valence-electron chi connectivity index (χ0n) is 15.5. The lowest BCUT2D eigenvalue weighted by molar-refractivity contribution is -0.136. The number of nitrogens with zero attached hydrogens (tertiary/aromatic N) is 2. The first-order valence-electron chi connectivity index (χ1n) is 8.74. The first-order chi connectivity index (χ1) is 12.0. The topological polar surface area (TPSA) is 68.2 Å². The number of rotatable bonds is 11. The summed E-state index contributed by atoms with van der Waals surface area (Å²) in [7, 11) is 2.66. The lowest BCUT2D eigenvalue weighted by atomic mass is 10.0. The van der Waals surface area contributed by atoms with Crippen molar-refractivity contribution in [3.05, 3.63) is 24.3 Å². The predicted molar refractivity (Wildman–Crippen MR) is 98.8 cm³/mol. The SMILES string of the molecule is C=C(CN(CCCCC1=NCCCC1)CC(=C)C(=O)OC)C(=O)OC. The molecule has 1 rings (SSSR count). The number of unbranched alkanes of at least 4 members (excludes halogenated alkanes) is 1. The third kappa shape index (κ3) is 8.12. The fourth-order valence-electron chi connectivity index (χ4n) is 2.80. The van der Waals surface area contributed by atoms with Crippen LogP contribution in [0, 0.1) is 0 Å². The number of carbonyl (C=O) groups excluding carboxylic acids is 2. The number of aliphatic imine (C=N–C) groups is 1. The lowest BCUT2D eigenvalue weighted by Gasteiger charge is -2.23. The Hall–Kier alpha value is -1.95. The second kappa shape index (κ2) is 11.6. The maximum absolute atomic E-state index is 11.6. The Morgan fingerprint density at radius 3 is 2.12 bits per heavy atom. The molecule has 25 heavy (non-hydrogen) atoms. The monoisotopic (exact) mass is 350 g/mol. The van der Waals surface area contributed by atoms with E-state index in [1.165, 1.54) is 32.8 Å². The van der Waals surface area contributed by atoms with Crippen LogP contribution in [0.3, 0.4) is 0 Å². The molecule has 0 saturated carbocycles. The molecule has 0 aromatic rings. The van der Waals surface area contributed by atoms with Crippen molar-refractivity contribution < 1.29 is 19.1 Å². The van der Waals surface area contributed by atoms with Gasteiger partial charge in [-0.2, -0.15) is 0 Å². The molecule has 0 aromatic carbocycles. The van der Waals surface area contributed by atoms with E-state index in [1.54, 1.807) is 0 Å². The normalized spacial score (nSPS) is 14.0. The van der Waals surface area contributed by atoms with Crippen LogP contribution in [-0.4, -0.2) is 62.9 Å². The number of esters is 2. The molecule has 0 saturated heterocycles. The van der Waals surface area contributed by atoms with Crippen molar-refractivity contribution in [1.82, 2.24) is 4.90 Å². The van der Waals surface area contributed by atoms with Gasteiger partial charge in [0.05, 0.1) is 14.2 Å². The van der Waals surface area contributed by atoms with Crippen LogP contribution in [0.25, 0.3) is 0 Å². The predicted octanol–water partition coefficient (Wildman–Crippen LogP) is 2.54. The molecule has 0 atom stereocenters. The summed E-state index contributed by atoms with van der Waals surface area (Å²) in [5.41, 5.74) is 2.03. The van der Waals surface area contributed by atoms with Crippen LogP contribution in [0.1, 0.15) is 38.5 Å². The third-order valence-corrected chi connectivity index (χ3v) is 4.18. The van der Waals surface area contributed by atoms with Crippen molar-refractivity contribution in [3.63, 3.8) is 0 Å².